The van der Waals surface area contributed by atoms with Crippen LogP contribution in [0.15, 0.2) is 60.7 Å². The first-order valence-electron chi connectivity index (χ1n) is 11.5. The normalized spacial score (nSPS) is 16.7. The SMILES string of the molecule is O=C(c1cc2n(n1)CCN(Cc1ccccc1Cl)C2=O)N1CCC(Cc2ccccc2)CC1. The molecule has 0 N–H and O–H groups in total. The van der Waals surface area contributed by atoms with E-state index in [1.54, 1.807) is 15.6 Å². The van der Waals surface area contributed by atoms with Gasteiger partial charge in [-0.05, 0) is 42.4 Å². The molecular weight excluding hydrogens is 436 g/mol. The number of aromatic nitrogens is 2. The van der Waals surface area contributed by atoms with Crippen molar-refractivity contribution in [1.29, 1.82) is 0 Å². The second-order valence-corrected chi connectivity index (χ2v) is 9.29. The van der Waals surface area contributed by atoms with Crippen molar-refractivity contribution < 1.29 is 9.59 Å². The van der Waals surface area contributed by atoms with Crippen LogP contribution in [0, 0.1) is 5.92 Å². The highest BCUT2D eigenvalue weighted by molar-refractivity contribution is 6.31. The molecule has 0 radical (unpaired) electrons. The Morgan fingerprint density at radius 1 is 0.970 bits per heavy atom. The topological polar surface area (TPSA) is 58.4 Å². The minimum atomic E-state index is -0.116. The van der Waals surface area contributed by atoms with Gasteiger partial charge in [0.25, 0.3) is 11.8 Å². The van der Waals surface area contributed by atoms with Crippen molar-refractivity contribution in [3.63, 3.8) is 0 Å². The van der Waals surface area contributed by atoms with Crippen molar-refractivity contribution in [3.05, 3.63) is 88.2 Å². The van der Waals surface area contributed by atoms with Crippen LogP contribution in [-0.4, -0.2) is 51.0 Å². The summed E-state index contributed by atoms with van der Waals surface area (Å²) >= 11 is 6.27. The molecule has 2 aliphatic rings. The molecule has 1 saturated heterocycles. The van der Waals surface area contributed by atoms with E-state index in [-0.39, 0.29) is 11.8 Å². The van der Waals surface area contributed by atoms with Gasteiger partial charge in [0.05, 0.1) is 6.54 Å². The first-order valence-corrected chi connectivity index (χ1v) is 11.9. The fourth-order valence-corrected chi connectivity index (χ4v) is 4.97. The first kappa shape index (κ1) is 21.7. The number of likely N-dealkylation sites (tertiary alicyclic amines) is 1. The van der Waals surface area contributed by atoms with E-state index in [0.717, 1.165) is 37.9 Å². The zero-order valence-electron chi connectivity index (χ0n) is 18.5. The molecule has 0 bridgehead atoms. The standard InChI is InChI=1S/C26H27ClN4O2/c27-22-9-5-4-8-21(22)18-30-14-15-31-24(26(30)33)17-23(28-31)25(32)29-12-10-20(11-13-29)16-19-6-2-1-3-7-19/h1-9,17,20H,10-16,18H2. The van der Waals surface area contributed by atoms with Crippen LogP contribution in [0.4, 0.5) is 0 Å². The lowest BCUT2D eigenvalue weighted by Gasteiger charge is -2.31. The molecule has 2 aliphatic heterocycles. The van der Waals surface area contributed by atoms with Crippen LogP contribution in [0.1, 0.15) is 44.9 Å². The molecule has 2 aromatic carbocycles. The molecule has 0 aliphatic carbocycles. The molecule has 0 atom stereocenters. The highest BCUT2D eigenvalue weighted by Crippen LogP contribution is 2.24. The minimum Gasteiger partial charge on any atom is -0.337 e. The van der Waals surface area contributed by atoms with Crippen LogP contribution in [-0.2, 0) is 19.5 Å². The number of amides is 2. The Labute approximate surface area is 198 Å². The summed E-state index contributed by atoms with van der Waals surface area (Å²) in [6.45, 7) is 3.01. The number of piperidine rings is 1. The molecule has 2 amide bonds. The van der Waals surface area contributed by atoms with Gasteiger partial charge in [-0.2, -0.15) is 5.10 Å². The van der Waals surface area contributed by atoms with Gasteiger partial charge in [-0.3, -0.25) is 14.3 Å². The van der Waals surface area contributed by atoms with Crippen molar-refractivity contribution in [2.75, 3.05) is 19.6 Å². The number of benzene rings is 2. The summed E-state index contributed by atoms with van der Waals surface area (Å²) in [7, 11) is 0. The Kier molecular flexibility index (Phi) is 6.18. The lowest BCUT2D eigenvalue weighted by atomic mass is 9.90. The second-order valence-electron chi connectivity index (χ2n) is 8.88. The van der Waals surface area contributed by atoms with E-state index in [0.29, 0.717) is 42.0 Å². The van der Waals surface area contributed by atoms with E-state index in [2.05, 4.69) is 29.4 Å². The van der Waals surface area contributed by atoms with Crippen LogP contribution in [0.25, 0.3) is 0 Å². The third kappa shape index (κ3) is 4.67. The van der Waals surface area contributed by atoms with Gasteiger partial charge < -0.3 is 9.80 Å². The van der Waals surface area contributed by atoms with Gasteiger partial charge in [0, 0.05) is 37.3 Å². The van der Waals surface area contributed by atoms with Crippen LogP contribution < -0.4 is 0 Å². The molecule has 0 unspecified atom stereocenters. The third-order valence-corrected chi connectivity index (χ3v) is 7.04. The van der Waals surface area contributed by atoms with Crippen LogP contribution in [0.3, 0.4) is 0 Å². The molecule has 3 heterocycles. The van der Waals surface area contributed by atoms with Gasteiger partial charge in [-0.1, -0.05) is 60.1 Å². The predicted octanol–water partition coefficient (Wildman–Crippen LogP) is 4.29. The molecule has 3 aromatic rings. The van der Waals surface area contributed by atoms with Crippen LogP contribution in [0.2, 0.25) is 5.02 Å². The largest absolute Gasteiger partial charge is 0.337 e. The van der Waals surface area contributed by atoms with Gasteiger partial charge in [0.2, 0.25) is 0 Å². The van der Waals surface area contributed by atoms with Crippen molar-refractivity contribution in [2.24, 2.45) is 5.92 Å². The quantitative estimate of drug-likeness (QED) is 0.568. The number of hydrogen-bond acceptors (Lipinski definition) is 3. The molecule has 5 rings (SSSR count). The molecule has 170 valence electrons. The highest BCUT2D eigenvalue weighted by Gasteiger charge is 2.31. The van der Waals surface area contributed by atoms with Gasteiger partial charge >= 0.3 is 0 Å². The van der Waals surface area contributed by atoms with Crippen LogP contribution in [0.5, 0.6) is 0 Å². The van der Waals surface area contributed by atoms with Crippen molar-refractivity contribution in [1.82, 2.24) is 19.6 Å². The Balaban J connectivity index is 1.22. The van der Waals surface area contributed by atoms with E-state index in [4.69, 9.17) is 11.6 Å². The van der Waals surface area contributed by atoms with Crippen LogP contribution >= 0.6 is 11.6 Å². The number of fused-ring (bicyclic) bond motifs is 1. The fourth-order valence-electron chi connectivity index (χ4n) is 4.78. The van der Waals surface area contributed by atoms with Gasteiger partial charge in [0.1, 0.15) is 5.69 Å². The number of carbonyl (C=O) groups is 2. The summed E-state index contributed by atoms with van der Waals surface area (Å²) in [6, 6.07) is 19.7. The van der Waals surface area contributed by atoms with Crippen molar-refractivity contribution >= 4 is 23.4 Å². The lowest BCUT2D eigenvalue weighted by Crippen LogP contribution is -2.40. The van der Waals surface area contributed by atoms with Gasteiger partial charge in [0.15, 0.2) is 5.69 Å². The number of nitrogens with zero attached hydrogens (tertiary/aromatic N) is 4. The molecule has 1 aromatic heterocycles. The fraction of sp³-hybridized carbons (Fsp3) is 0.346. The maximum absolute atomic E-state index is 13.1. The number of rotatable bonds is 5. The summed E-state index contributed by atoms with van der Waals surface area (Å²) in [5.41, 5.74) is 3.09. The molecule has 1 fully saturated rings. The second kappa shape index (κ2) is 9.40. The average molecular weight is 463 g/mol. The van der Waals surface area contributed by atoms with Gasteiger partial charge in [-0.25, -0.2) is 0 Å². The van der Waals surface area contributed by atoms with E-state index in [9.17, 15) is 9.59 Å². The Morgan fingerprint density at radius 2 is 1.70 bits per heavy atom. The average Bonchev–Trinajstić information content (AvgIpc) is 3.28. The molecule has 6 nitrogen and oxygen atoms in total. The highest BCUT2D eigenvalue weighted by atomic mass is 35.5. The van der Waals surface area contributed by atoms with Crippen molar-refractivity contribution in [2.45, 2.75) is 32.4 Å². The molecule has 33 heavy (non-hydrogen) atoms. The smallest absolute Gasteiger partial charge is 0.274 e. The Hall–Kier alpha value is -3.12. The van der Waals surface area contributed by atoms with Crippen molar-refractivity contribution in [3.8, 4) is 0 Å². The Bertz CT molecular complexity index is 1150. The summed E-state index contributed by atoms with van der Waals surface area (Å²) in [4.78, 5) is 29.8. The van der Waals surface area contributed by atoms with E-state index >= 15 is 0 Å². The van der Waals surface area contributed by atoms with E-state index < -0.39 is 0 Å². The zero-order chi connectivity index (χ0) is 22.8. The maximum atomic E-state index is 13.1. The molecular formula is C26H27ClN4O2. The summed E-state index contributed by atoms with van der Waals surface area (Å²) in [5, 5.41) is 5.12. The lowest BCUT2D eigenvalue weighted by molar-refractivity contribution is 0.0670. The molecule has 0 saturated carbocycles. The monoisotopic (exact) mass is 462 g/mol. The summed E-state index contributed by atoms with van der Waals surface area (Å²) in [6.07, 6.45) is 3.02. The predicted molar refractivity (Wildman–Crippen MR) is 127 cm³/mol. The van der Waals surface area contributed by atoms with E-state index in [1.165, 1.54) is 5.56 Å². The van der Waals surface area contributed by atoms with E-state index in [1.807, 2.05) is 35.2 Å². The summed E-state index contributed by atoms with van der Waals surface area (Å²) < 4.78 is 1.67. The molecule has 7 heteroatoms. The first-order chi connectivity index (χ1) is 16.1. The Morgan fingerprint density at radius 3 is 2.45 bits per heavy atom. The summed E-state index contributed by atoms with van der Waals surface area (Å²) in [5.74, 6) is 0.390. The maximum Gasteiger partial charge on any atom is 0.274 e. The molecule has 0 spiro atoms. The number of carbonyl (C=O) groups excluding carboxylic acids is 2. The zero-order valence-corrected chi connectivity index (χ0v) is 19.2. The number of halogens is 1. The third-order valence-electron chi connectivity index (χ3n) is 6.68. The minimum absolute atomic E-state index is 0.0829. The van der Waals surface area contributed by atoms with Gasteiger partial charge in [-0.15, -0.1) is 0 Å². The number of hydrogen-bond donors (Lipinski definition) is 0.